The Morgan fingerprint density at radius 2 is 1.94 bits per heavy atom. The van der Waals surface area contributed by atoms with Crippen LogP contribution in [0.4, 0.5) is 29.3 Å². The van der Waals surface area contributed by atoms with Crippen molar-refractivity contribution in [1.29, 1.82) is 0 Å². The van der Waals surface area contributed by atoms with E-state index in [1.54, 1.807) is 11.8 Å². The molecule has 3 atom stereocenters. The molecule has 1 aromatic rings. The van der Waals surface area contributed by atoms with E-state index in [9.17, 15) is 18.0 Å². The molecule has 4 rings (SSSR count). The van der Waals surface area contributed by atoms with Crippen molar-refractivity contribution in [2.45, 2.75) is 65.1 Å². The molecule has 0 saturated carbocycles. The van der Waals surface area contributed by atoms with Crippen LogP contribution in [0.1, 0.15) is 34.1 Å². The maximum absolute atomic E-state index is 15.0. The number of alkyl halides is 3. The molecule has 3 aliphatic rings. The maximum atomic E-state index is 15.0. The van der Waals surface area contributed by atoms with Gasteiger partial charge in [-0.2, -0.15) is 22.5 Å². The minimum absolute atomic E-state index is 0.0393. The Morgan fingerprint density at radius 1 is 1.21 bits per heavy atom. The first kappa shape index (κ1) is 23.7. The van der Waals surface area contributed by atoms with Gasteiger partial charge in [0.05, 0.1) is 25.8 Å². The zero-order valence-electron chi connectivity index (χ0n) is 18.9. The summed E-state index contributed by atoms with van der Waals surface area (Å²) in [4.78, 5) is 29.3. The number of aliphatic imine (C=N–C) groups is 1. The molecule has 0 bridgehead atoms. The summed E-state index contributed by atoms with van der Waals surface area (Å²) >= 11 is 0. The summed E-state index contributed by atoms with van der Waals surface area (Å²) in [7, 11) is 0. The average molecular weight is 476 g/mol. The second kappa shape index (κ2) is 8.42. The highest BCUT2D eigenvalue weighted by Crippen LogP contribution is 2.35. The van der Waals surface area contributed by atoms with Crippen LogP contribution in [0.3, 0.4) is 0 Å². The van der Waals surface area contributed by atoms with Crippen molar-refractivity contribution in [1.82, 2.24) is 15.0 Å². The number of nitrogens with one attached hydrogen (secondary N) is 1. The van der Waals surface area contributed by atoms with Crippen molar-refractivity contribution in [2.75, 3.05) is 36.1 Å². The summed E-state index contributed by atoms with van der Waals surface area (Å²) in [6.07, 6.45) is -5.47. The van der Waals surface area contributed by atoms with Crippen molar-refractivity contribution in [2.24, 2.45) is 10.4 Å². The van der Waals surface area contributed by atoms with Crippen molar-refractivity contribution >= 4 is 17.7 Å². The molecule has 3 aliphatic heterocycles. The van der Waals surface area contributed by atoms with Crippen molar-refractivity contribution < 1.29 is 27.1 Å². The molecule has 0 amide bonds. The van der Waals surface area contributed by atoms with E-state index in [0.717, 1.165) is 9.47 Å². The van der Waals surface area contributed by atoms with Crippen LogP contribution in [0.2, 0.25) is 0 Å². The van der Waals surface area contributed by atoms with Crippen LogP contribution in [-0.4, -0.2) is 66.2 Å². The van der Waals surface area contributed by atoms with Crippen LogP contribution in [0.5, 0.6) is 0 Å². The number of rotatable bonds is 3. The third-order valence-corrected chi connectivity index (χ3v) is 6.04. The average Bonchev–Trinajstić information content (AvgIpc) is 3.20. The standard InChI is InChI=1S/C20H28F4N6O3/c1-11-10-32-8-7-28(11)15-14(21)16(31)29-6-5-12(20(22,23)24)30(18(29)26-15)9-13-25-17(27-33-13)19(2,3)4/h11-12,17,27H,5-10H2,1-4H3/t11-,12+,17?/m1/s1. The Morgan fingerprint density at radius 3 is 2.55 bits per heavy atom. The van der Waals surface area contributed by atoms with Gasteiger partial charge in [-0.1, -0.05) is 20.8 Å². The van der Waals surface area contributed by atoms with E-state index in [0.29, 0.717) is 13.2 Å². The molecule has 9 nitrogen and oxygen atoms in total. The number of ether oxygens (including phenoxy) is 1. The van der Waals surface area contributed by atoms with Crippen molar-refractivity contribution in [3.05, 3.63) is 16.2 Å². The van der Waals surface area contributed by atoms with Gasteiger partial charge in [-0.15, -0.1) is 5.48 Å². The van der Waals surface area contributed by atoms with Crippen LogP contribution >= 0.6 is 0 Å². The zero-order valence-corrected chi connectivity index (χ0v) is 18.9. The van der Waals surface area contributed by atoms with E-state index in [1.807, 2.05) is 20.8 Å². The Hall–Kier alpha value is -2.41. The SMILES string of the molecule is C[C@@H]1COCCN1c1nc2n(c(=O)c1F)CC[C@@H](C(F)(F)F)N2CC1=NC(C(C)(C)C)NO1. The van der Waals surface area contributed by atoms with Gasteiger partial charge in [0.1, 0.15) is 12.2 Å². The second-order valence-electron chi connectivity index (χ2n) is 9.61. The van der Waals surface area contributed by atoms with Gasteiger partial charge in [0.15, 0.2) is 5.82 Å². The van der Waals surface area contributed by atoms with E-state index in [-0.39, 0.29) is 48.8 Å². The van der Waals surface area contributed by atoms with Crippen LogP contribution in [0.25, 0.3) is 0 Å². The third kappa shape index (κ3) is 4.52. The van der Waals surface area contributed by atoms with E-state index < -0.39 is 36.2 Å². The number of aromatic nitrogens is 2. The molecule has 1 saturated heterocycles. The fourth-order valence-corrected chi connectivity index (χ4v) is 4.14. The molecule has 33 heavy (non-hydrogen) atoms. The van der Waals surface area contributed by atoms with Gasteiger partial charge in [0.2, 0.25) is 17.7 Å². The summed E-state index contributed by atoms with van der Waals surface area (Å²) < 4.78 is 63.2. The summed E-state index contributed by atoms with van der Waals surface area (Å²) in [5, 5.41) is 0. The molecule has 0 spiro atoms. The van der Waals surface area contributed by atoms with Crippen molar-refractivity contribution in [3.8, 4) is 0 Å². The Bertz CT molecular complexity index is 990. The second-order valence-corrected chi connectivity index (χ2v) is 9.61. The summed E-state index contributed by atoms with van der Waals surface area (Å²) in [5.74, 6) is -1.57. The fraction of sp³-hybridized carbons (Fsp3) is 0.750. The Balaban J connectivity index is 1.77. The highest BCUT2D eigenvalue weighted by molar-refractivity contribution is 5.82. The van der Waals surface area contributed by atoms with Crippen LogP contribution in [0, 0.1) is 11.2 Å². The van der Waals surface area contributed by atoms with Crippen LogP contribution < -0.4 is 20.8 Å². The van der Waals surface area contributed by atoms with Crippen LogP contribution in [0.15, 0.2) is 9.79 Å². The first-order chi connectivity index (χ1) is 15.4. The number of morpholine rings is 1. The molecule has 13 heteroatoms. The van der Waals surface area contributed by atoms with Gasteiger partial charge < -0.3 is 19.4 Å². The van der Waals surface area contributed by atoms with Gasteiger partial charge in [-0.25, -0.2) is 4.99 Å². The first-order valence-electron chi connectivity index (χ1n) is 10.8. The lowest BCUT2D eigenvalue weighted by Gasteiger charge is -2.40. The van der Waals surface area contributed by atoms with Gasteiger partial charge in [-0.3, -0.25) is 9.36 Å². The first-order valence-corrected chi connectivity index (χ1v) is 10.8. The lowest BCUT2D eigenvalue weighted by Crippen LogP contribution is -2.55. The number of nitrogens with zero attached hydrogens (tertiary/aromatic N) is 5. The normalized spacial score (nSPS) is 26.2. The van der Waals surface area contributed by atoms with E-state index in [4.69, 9.17) is 9.57 Å². The van der Waals surface area contributed by atoms with Gasteiger partial charge >= 0.3 is 6.18 Å². The molecule has 1 unspecified atom stereocenters. The lowest BCUT2D eigenvalue weighted by atomic mass is 9.93. The minimum Gasteiger partial charge on any atom is -0.389 e. The predicted molar refractivity (Wildman–Crippen MR) is 113 cm³/mol. The number of fused-ring (bicyclic) bond motifs is 1. The van der Waals surface area contributed by atoms with Gasteiger partial charge in [-0.05, 0) is 13.3 Å². The number of halogens is 4. The van der Waals surface area contributed by atoms with Gasteiger partial charge in [0.25, 0.3) is 5.56 Å². The Kier molecular flexibility index (Phi) is 6.06. The van der Waals surface area contributed by atoms with Gasteiger partial charge in [0, 0.05) is 18.5 Å². The summed E-state index contributed by atoms with van der Waals surface area (Å²) in [5.41, 5.74) is 1.39. The molecular weight excluding hydrogens is 448 g/mol. The summed E-state index contributed by atoms with van der Waals surface area (Å²) in [6, 6.07) is -2.22. The molecule has 1 aromatic heterocycles. The molecule has 0 aromatic carbocycles. The zero-order chi connectivity index (χ0) is 24.1. The fourth-order valence-electron chi connectivity index (χ4n) is 4.14. The highest BCUT2D eigenvalue weighted by atomic mass is 19.4. The largest absolute Gasteiger partial charge is 0.408 e. The van der Waals surface area contributed by atoms with E-state index >= 15 is 4.39 Å². The van der Waals surface area contributed by atoms with E-state index in [1.165, 1.54) is 0 Å². The van der Waals surface area contributed by atoms with Crippen LogP contribution in [-0.2, 0) is 16.1 Å². The topological polar surface area (TPSA) is 84.2 Å². The quantitative estimate of drug-likeness (QED) is 0.669. The minimum atomic E-state index is -4.60. The molecular formula is C20H28F4N6O3. The molecule has 4 heterocycles. The lowest BCUT2D eigenvalue weighted by molar-refractivity contribution is -0.152. The molecule has 1 N–H and O–H groups in total. The molecule has 0 aliphatic carbocycles. The number of anilines is 2. The predicted octanol–water partition coefficient (Wildman–Crippen LogP) is 2.05. The number of hydrogen-bond donors (Lipinski definition) is 1. The van der Waals surface area contributed by atoms with Crippen molar-refractivity contribution in [3.63, 3.8) is 0 Å². The number of hydrogen-bond acceptors (Lipinski definition) is 8. The maximum Gasteiger partial charge on any atom is 0.408 e. The molecule has 184 valence electrons. The highest BCUT2D eigenvalue weighted by Gasteiger charge is 2.48. The third-order valence-electron chi connectivity index (χ3n) is 6.04. The smallest absolute Gasteiger partial charge is 0.389 e. The van der Waals surface area contributed by atoms with E-state index in [2.05, 4.69) is 15.5 Å². The monoisotopic (exact) mass is 476 g/mol. The summed E-state index contributed by atoms with van der Waals surface area (Å²) in [6.45, 7) is 7.69. The molecule has 0 radical (unpaired) electrons. The molecule has 1 fully saturated rings. The Labute approximate surface area is 188 Å². The number of hydroxylamine groups is 1.